The summed E-state index contributed by atoms with van der Waals surface area (Å²) in [6.07, 6.45) is 1.81. The van der Waals surface area contributed by atoms with Gasteiger partial charge in [-0.15, -0.1) is 0 Å². The Hall–Kier alpha value is -2.29. The standard InChI is InChI=1S/C16H17N3/c1-11-10-18-19(16(11)17)12(2)14-8-7-13-5-3-4-6-15(13)9-14/h3-10,12H,17H2,1-2H3. The summed E-state index contributed by atoms with van der Waals surface area (Å²) >= 11 is 0. The third-order valence-electron chi connectivity index (χ3n) is 3.65. The summed E-state index contributed by atoms with van der Waals surface area (Å²) in [5.74, 6) is 0.737. The molecule has 1 unspecified atom stereocenters. The van der Waals surface area contributed by atoms with Gasteiger partial charge >= 0.3 is 0 Å². The van der Waals surface area contributed by atoms with Gasteiger partial charge in [-0.25, -0.2) is 4.68 Å². The van der Waals surface area contributed by atoms with Crippen LogP contribution in [-0.2, 0) is 0 Å². The SMILES string of the molecule is Cc1cnn(C(C)c2ccc3ccccc3c2)c1N. The zero-order chi connectivity index (χ0) is 13.4. The van der Waals surface area contributed by atoms with Crippen molar-refractivity contribution in [3.05, 3.63) is 59.8 Å². The highest BCUT2D eigenvalue weighted by Gasteiger charge is 2.13. The minimum Gasteiger partial charge on any atom is -0.384 e. The second kappa shape index (κ2) is 4.43. The minimum atomic E-state index is 0.137. The molecular formula is C16H17N3. The van der Waals surface area contributed by atoms with Crippen LogP contribution in [0.3, 0.4) is 0 Å². The predicted molar refractivity (Wildman–Crippen MR) is 79.1 cm³/mol. The summed E-state index contributed by atoms with van der Waals surface area (Å²) in [5.41, 5.74) is 8.29. The lowest BCUT2D eigenvalue weighted by Gasteiger charge is -2.15. The number of benzene rings is 2. The van der Waals surface area contributed by atoms with Crippen molar-refractivity contribution in [2.24, 2.45) is 0 Å². The molecule has 3 aromatic rings. The molecule has 0 aliphatic carbocycles. The van der Waals surface area contributed by atoms with E-state index in [4.69, 9.17) is 5.73 Å². The molecule has 2 aromatic carbocycles. The lowest BCUT2D eigenvalue weighted by molar-refractivity contribution is 0.573. The molecule has 3 rings (SSSR count). The Bertz CT molecular complexity index is 728. The normalized spacial score (nSPS) is 12.7. The average molecular weight is 251 g/mol. The third kappa shape index (κ3) is 1.97. The van der Waals surface area contributed by atoms with Crippen molar-refractivity contribution in [1.29, 1.82) is 0 Å². The summed E-state index contributed by atoms with van der Waals surface area (Å²) in [6.45, 7) is 4.10. The summed E-state index contributed by atoms with van der Waals surface area (Å²) in [6, 6.07) is 15.0. The molecule has 2 N–H and O–H groups in total. The van der Waals surface area contributed by atoms with Gasteiger partial charge in [-0.1, -0.05) is 36.4 Å². The number of anilines is 1. The Morgan fingerprint density at radius 3 is 2.53 bits per heavy atom. The second-order valence-corrected chi connectivity index (χ2v) is 4.94. The van der Waals surface area contributed by atoms with Crippen LogP contribution < -0.4 is 5.73 Å². The second-order valence-electron chi connectivity index (χ2n) is 4.94. The van der Waals surface area contributed by atoms with Crippen molar-refractivity contribution in [3.8, 4) is 0 Å². The fraction of sp³-hybridized carbons (Fsp3) is 0.188. The van der Waals surface area contributed by atoms with E-state index in [2.05, 4.69) is 54.5 Å². The minimum absolute atomic E-state index is 0.137. The number of nitrogens with two attached hydrogens (primary N) is 1. The molecule has 96 valence electrons. The quantitative estimate of drug-likeness (QED) is 0.757. The highest BCUT2D eigenvalue weighted by molar-refractivity contribution is 5.83. The van der Waals surface area contributed by atoms with Crippen molar-refractivity contribution in [2.45, 2.75) is 19.9 Å². The molecule has 19 heavy (non-hydrogen) atoms. The van der Waals surface area contributed by atoms with Gasteiger partial charge in [0.1, 0.15) is 5.82 Å². The molecule has 0 aliphatic rings. The van der Waals surface area contributed by atoms with E-state index < -0.39 is 0 Å². The zero-order valence-corrected chi connectivity index (χ0v) is 11.2. The van der Waals surface area contributed by atoms with Crippen LogP contribution in [0.4, 0.5) is 5.82 Å². The molecule has 0 saturated heterocycles. The fourth-order valence-electron chi connectivity index (χ4n) is 2.38. The van der Waals surface area contributed by atoms with Gasteiger partial charge in [-0.3, -0.25) is 0 Å². The van der Waals surface area contributed by atoms with Gasteiger partial charge in [0, 0.05) is 5.56 Å². The van der Waals surface area contributed by atoms with Gasteiger partial charge in [-0.2, -0.15) is 5.10 Å². The van der Waals surface area contributed by atoms with E-state index in [0.717, 1.165) is 11.4 Å². The molecule has 0 amide bonds. The van der Waals surface area contributed by atoms with Crippen molar-refractivity contribution >= 4 is 16.6 Å². The maximum atomic E-state index is 6.05. The Kier molecular flexibility index (Phi) is 2.75. The summed E-state index contributed by atoms with van der Waals surface area (Å²) < 4.78 is 1.87. The Morgan fingerprint density at radius 1 is 1.11 bits per heavy atom. The Morgan fingerprint density at radius 2 is 1.84 bits per heavy atom. The van der Waals surface area contributed by atoms with Crippen molar-refractivity contribution in [2.75, 3.05) is 5.73 Å². The lowest BCUT2D eigenvalue weighted by Crippen LogP contribution is -2.11. The first kappa shape index (κ1) is 11.8. The first-order valence-electron chi connectivity index (χ1n) is 6.45. The van der Waals surface area contributed by atoms with E-state index in [1.807, 2.05) is 17.8 Å². The first-order chi connectivity index (χ1) is 9.16. The van der Waals surface area contributed by atoms with Crippen LogP contribution in [0.15, 0.2) is 48.7 Å². The molecule has 3 heteroatoms. The van der Waals surface area contributed by atoms with E-state index >= 15 is 0 Å². The molecule has 0 bridgehead atoms. The van der Waals surface area contributed by atoms with E-state index in [9.17, 15) is 0 Å². The number of aryl methyl sites for hydroxylation is 1. The van der Waals surface area contributed by atoms with Gasteiger partial charge in [0.2, 0.25) is 0 Å². The Labute approximate surface area is 112 Å². The number of rotatable bonds is 2. The smallest absolute Gasteiger partial charge is 0.125 e. The zero-order valence-electron chi connectivity index (χ0n) is 11.2. The largest absolute Gasteiger partial charge is 0.384 e. The van der Waals surface area contributed by atoms with E-state index in [-0.39, 0.29) is 6.04 Å². The van der Waals surface area contributed by atoms with Crippen LogP contribution in [0, 0.1) is 6.92 Å². The van der Waals surface area contributed by atoms with Crippen LogP contribution in [0.5, 0.6) is 0 Å². The maximum Gasteiger partial charge on any atom is 0.125 e. The third-order valence-corrected chi connectivity index (χ3v) is 3.65. The van der Waals surface area contributed by atoms with Crippen LogP contribution in [0.1, 0.15) is 24.1 Å². The number of nitrogens with zero attached hydrogens (tertiary/aromatic N) is 2. The number of hydrogen-bond donors (Lipinski definition) is 1. The van der Waals surface area contributed by atoms with Crippen LogP contribution in [-0.4, -0.2) is 9.78 Å². The first-order valence-corrected chi connectivity index (χ1v) is 6.45. The van der Waals surface area contributed by atoms with Crippen LogP contribution >= 0.6 is 0 Å². The molecule has 1 heterocycles. The van der Waals surface area contributed by atoms with Crippen LogP contribution in [0.2, 0.25) is 0 Å². The number of aromatic nitrogens is 2. The molecule has 1 atom stereocenters. The van der Waals surface area contributed by atoms with E-state index in [1.165, 1.54) is 16.3 Å². The van der Waals surface area contributed by atoms with Crippen molar-refractivity contribution in [3.63, 3.8) is 0 Å². The van der Waals surface area contributed by atoms with Crippen molar-refractivity contribution in [1.82, 2.24) is 9.78 Å². The molecular weight excluding hydrogens is 234 g/mol. The number of hydrogen-bond acceptors (Lipinski definition) is 2. The molecule has 3 nitrogen and oxygen atoms in total. The van der Waals surface area contributed by atoms with Crippen LogP contribution in [0.25, 0.3) is 10.8 Å². The number of fused-ring (bicyclic) bond motifs is 1. The Balaban J connectivity index is 2.06. The van der Waals surface area contributed by atoms with E-state index in [0.29, 0.717) is 0 Å². The van der Waals surface area contributed by atoms with Gasteiger partial charge in [0.15, 0.2) is 0 Å². The molecule has 0 aliphatic heterocycles. The maximum absolute atomic E-state index is 6.05. The summed E-state index contributed by atoms with van der Waals surface area (Å²) in [4.78, 5) is 0. The average Bonchev–Trinajstić information content (AvgIpc) is 2.78. The number of nitrogen functional groups attached to an aromatic ring is 1. The van der Waals surface area contributed by atoms with Crippen molar-refractivity contribution < 1.29 is 0 Å². The molecule has 0 spiro atoms. The van der Waals surface area contributed by atoms with E-state index in [1.54, 1.807) is 0 Å². The highest BCUT2D eigenvalue weighted by atomic mass is 15.3. The molecule has 0 saturated carbocycles. The van der Waals surface area contributed by atoms with Gasteiger partial charge < -0.3 is 5.73 Å². The molecule has 0 fully saturated rings. The van der Waals surface area contributed by atoms with Gasteiger partial charge in [-0.05, 0) is 36.2 Å². The fourth-order valence-corrected chi connectivity index (χ4v) is 2.38. The summed E-state index contributed by atoms with van der Waals surface area (Å²) in [5, 5.41) is 6.86. The molecule has 1 aromatic heterocycles. The summed E-state index contributed by atoms with van der Waals surface area (Å²) in [7, 11) is 0. The molecule has 0 radical (unpaired) electrons. The highest BCUT2D eigenvalue weighted by Crippen LogP contribution is 2.25. The predicted octanol–water partition coefficient (Wildman–Crippen LogP) is 3.54. The monoisotopic (exact) mass is 251 g/mol. The van der Waals surface area contributed by atoms with Gasteiger partial charge in [0.25, 0.3) is 0 Å². The topological polar surface area (TPSA) is 43.8 Å². The van der Waals surface area contributed by atoms with Gasteiger partial charge in [0.05, 0.1) is 12.2 Å². The lowest BCUT2D eigenvalue weighted by atomic mass is 10.0.